The zero-order valence-corrected chi connectivity index (χ0v) is 12.5. The van der Waals surface area contributed by atoms with Crippen molar-refractivity contribution in [2.75, 3.05) is 6.54 Å². The van der Waals surface area contributed by atoms with Gasteiger partial charge in [0, 0.05) is 0 Å². The summed E-state index contributed by atoms with van der Waals surface area (Å²) in [7, 11) is 0. The third-order valence-electron chi connectivity index (χ3n) is 3.63. The van der Waals surface area contributed by atoms with E-state index in [1.807, 2.05) is 5.48 Å². The summed E-state index contributed by atoms with van der Waals surface area (Å²) in [5, 5.41) is 10.00. The largest absolute Gasteiger partial charge is 0.788 e. The van der Waals surface area contributed by atoms with Crippen LogP contribution < -0.4 is 5.48 Å². The molecule has 0 aliphatic rings. The average molecular weight is 256 g/mol. The summed E-state index contributed by atoms with van der Waals surface area (Å²) in [5.74, 6) is 0. The maximum atomic E-state index is 10.00. The van der Waals surface area contributed by atoms with Crippen LogP contribution in [-0.4, -0.2) is 6.54 Å². The van der Waals surface area contributed by atoms with E-state index in [0.717, 1.165) is 6.42 Å². The fourth-order valence-corrected chi connectivity index (χ4v) is 2.39. The lowest BCUT2D eigenvalue weighted by Gasteiger charge is -2.06. The number of nitrogens with one attached hydrogen (secondary N) is 1. The topological polar surface area (TPSA) is 35.1 Å². The van der Waals surface area contributed by atoms with Crippen molar-refractivity contribution in [3.63, 3.8) is 0 Å². The summed E-state index contributed by atoms with van der Waals surface area (Å²) in [5.41, 5.74) is 1.96. The Morgan fingerprint density at radius 2 is 0.889 bits per heavy atom. The molecule has 0 aliphatic heterocycles. The molecule has 1 N–H and O–H groups in total. The van der Waals surface area contributed by atoms with Gasteiger partial charge >= 0.3 is 0 Å². The molecule has 0 atom stereocenters. The number of unbranched alkanes of at least 4 members (excludes halogenated alkanes) is 13. The summed E-state index contributed by atoms with van der Waals surface area (Å²) in [6.07, 6.45) is 19.1. The Morgan fingerprint density at radius 3 is 1.22 bits per heavy atom. The van der Waals surface area contributed by atoms with Gasteiger partial charge in [0.2, 0.25) is 0 Å². The first kappa shape index (κ1) is 17.9. The van der Waals surface area contributed by atoms with Crippen molar-refractivity contribution >= 4 is 0 Å². The maximum Gasteiger partial charge on any atom is -0.0170 e. The molecule has 110 valence electrons. The fourth-order valence-electron chi connectivity index (χ4n) is 2.39. The van der Waals surface area contributed by atoms with E-state index in [4.69, 9.17) is 0 Å². The lowest BCUT2D eigenvalue weighted by atomic mass is 10.0. The van der Waals surface area contributed by atoms with E-state index in [-0.39, 0.29) is 0 Å². The Bertz CT molecular complexity index is 123. The third kappa shape index (κ3) is 15.9. The molecule has 0 amide bonds. The SMILES string of the molecule is CCCCCCCCCCCCCCCCN[O-]. The fraction of sp³-hybridized carbons (Fsp3) is 1.00. The van der Waals surface area contributed by atoms with E-state index in [0.29, 0.717) is 6.54 Å². The van der Waals surface area contributed by atoms with E-state index in [1.54, 1.807) is 0 Å². The molecule has 2 heteroatoms. The summed E-state index contributed by atoms with van der Waals surface area (Å²) in [6.45, 7) is 2.91. The van der Waals surface area contributed by atoms with Crippen LogP contribution in [0.1, 0.15) is 96.8 Å². The first-order chi connectivity index (χ1) is 8.91. The molecule has 2 nitrogen and oxygen atoms in total. The zero-order valence-electron chi connectivity index (χ0n) is 12.5. The van der Waals surface area contributed by atoms with Crippen LogP contribution in [0.2, 0.25) is 0 Å². The Morgan fingerprint density at radius 1 is 0.556 bits per heavy atom. The number of hydrogen-bond donors (Lipinski definition) is 1. The van der Waals surface area contributed by atoms with Gasteiger partial charge in [0.15, 0.2) is 0 Å². The highest BCUT2D eigenvalue weighted by Gasteiger charge is 1.93. The van der Waals surface area contributed by atoms with E-state index in [1.165, 1.54) is 83.5 Å². The van der Waals surface area contributed by atoms with Crippen molar-refractivity contribution < 1.29 is 0 Å². The number of hydrogen-bond acceptors (Lipinski definition) is 2. The minimum absolute atomic E-state index is 0.637. The molecule has 0 aliphatic carbocycles. The first-order valence-corrected chi connectivity index (χ1v) is 8.26. The van der Waals surface area contributed by atoms with Crippen LogP contribution in [0.5, 0.6) is 0 Å². The molecular weight excluding hydrogens is 222 g/mol. The molecule has 0 aromatic rings. The van der Waals surface area contributed by atoms with Crippen LogP contribution in [0.25, 0.3) is 0 Å². The van der Waals surface area contributed by atoms with E-state index < -0.39 is 0 Å². The molecule has 0 bridgehead atoms. The highest BCUT2D eigenvalue weighted by Crippen LogP contribution is 2.12. The van der Waals surface area contributed by atoms with Crippen molar-refractivity contribution in [1.29, 1.82) is 0 Å². The number of hydroxylamine groups is 1. The van der Waals surface area contributed by atoms with Crippen LogP contribution in [0.4, 0.5) is 0 Å². The Kier molecular flexibility index (Phi) is 16.8. The predicted octanol–water partition coefficient (Wildman–Crippen LogP) is 5.56. The molecule has 0 fully saturated rings. The summed E-state index contributed by atoms with van der Waals surface area (Å²) in [4.78, 5) is 0. The molecule has 0 spiro atoms. The second-order valence-electron chi connectivity index (χ2n) is 5.49. The summed E-state index contributed by atoms with van der Waals surface area (Å²) in [6, 6.07) is 0. The molecule has 0 unspecified atom stereocenters. The van der Waals surface area contributed by atoms with Crippen LogP contribution in [-0.2, 0) is 0 Å². The van der Waals surface area contributed by atoms with Crippen molar-refractivity contribution in [3.05, 3.63) is 5.21 Å². The minimum atomic E-state index is 0.637. The van der Waals surface area contributed by atoms with Crippen LogP contribution in [0.3, 0.4) is 0 Å². The molecule has 0 aromatic carbocycles. The zero-order chi connectivity index (χ0) is 13.3. The quantitative estimate of drug-likeness (QED) is 0.308. The van der Waals surface area contributed by atoms with E-state index in [9.17, 15) is 5.21 Å². The van der Waals surface area contributed by atoms with Gasteiger partial charge in [-0.25, -0.2) is 0 Å². The first-order valence-electron chi connectivity index (χ1n) is 8.26. The van der Waals surface area contributed by atoms with Gasteiger partial charge < -0.3 is 10.7 Å². The monoisotopic (exact) mass is 256 g/mol. The third-order valence-corrected chi connectivity index (χ3v) is 3.63. The highest BCUT2D eigenvalue weighted by atomic mass is 16.5. The van der Waals surface area contributed by atoms with Crippen molar-refractivity contribution in [3.8, 4) is 0 Å². The van der Waals surface area contributed by atoms with Gasteiger partial charge in [0.05, 0.1) is 0 Å². The van der Waals surface area contributed by atoms with Gasteiger partial charge in [-0.1, -0.05) is 90.4 Å². The number of rotatable bonds is 15. The predicted molar refractivity (Wildman–Crippen MR) is 81.7 cm³/mol. The average Bonchev–Trinajstić information content (AvgIpc) is 2.39. The summed E-state index contributed by atoms with van der Waals surface area (Å²) < 4.78 is 0. The molecule has 0 rings (SSSR count). The molecule has 0 aromatic heterocycles. The highest BCUT2D eigenvalue weighted by molar-refractivity contribution is 4.50. The smallest absolute Gasteiger partial charge is 0.0170 e. The lowest BCUT2D eigenvalue weighted by molar-refractivity contribution is 0.534. The second kappa shape index (κ2) is 16.9. The Balaban J connectivity index is 2.86. The Hall–Kier alpha value is -0.0800. The maximum absolute atomic E-state index is 10.00. The van der Waals surface area contributed by atoms with Crippen molar-refractivity contribution in [2.45, 2.75) is 96.8 Å². The van der Waals surface area contributed by atoms with Gasteiger partial charge in [0.1, 0.15) is 0 Å². The minimum Gasteiger partial charge on any atom is -0.788 e. The van der Waals surface area contributed by atoms with E-state index >= 15 is 0 Å². The van der Waals surface area contributed by atoms with Crippen LogP contribution in [0.15, 0.2) is 0 Å². The van der Waals surface area contributed by atoms with Gasteiger partial charge in [0.25, 0.3) is 0 Å². The van der Waals surface area contributed by atoms with Gasteiger partial charge in [-0.3, -0.25) is 0 Å². The molecule has 0 saturated heterocycles. The van der Waals surface area contributed by atoms with Gasteiger partial charge in [-0.15, -0.1) is 0 Å². The lowest BCUT2D eigenvalue weighted by Crippen LogP contribution is -2.04. The molecular formula is C16H34NO-. The van der Waals surface area contributed by atoms with Crippen LogP contribution >= 0.6 is 0 Å². The molecule has 0 saturated carbocycles. The Labute approximate surface area is 115 Å². The van der Waals surface area contributed by atoms with Crippen molar-refractivity contribution in [2.24, 2.45) is 0 Å². The van der Waals surface area contributed by atoms with Crippen LogP contribution in [0, 0.1) is 5.21 Å². The molecule has 0 heterocycles. The standard InChI is InChI=1S/C16H34NO/c1-2-3-4-5-6-7-8-9-10-11-12-13-14-15-16-17-18/h17H,2-16H2,1H3/q-1. The van der Waals surface area contributed by atoms with Gasteiger partial charge in [-0.05, 0) is 13.0 Å². The van der Waals surface area contributed by atoms with Crippen molar-refractivity contribution in [1.82, 2.24) is 5.48 Å². The summed E-state index contributed by atoms with van der Waals surface area (Å²) >= 11 is 0. The molecule has 18 heavy (non-hydrogen) atoms. The molecule has 0 radical (unpaired) electrons. The van der Waals surface area contributed by atoms with E-state index in [2.05, 4.69) is 6.92 Å². The normalized spacial score (nSPS) is 11.0. The van der Waals surface area contributed by atoms with Gasteiger partial charge in [-0.2, -0.15) is 0 Å². The second-order valence-corrected chi connectivity index (χ2v) is 5.49.